The molecule has 0 saturated heterocycles. The quantitative estimate of drug-likeness (QED) is 0.321. The number of nitrogens with two attached hydrogens (primary N) is 3. The number of hydrogen-bond acceptors (Lipinski definition) is 3. The number of carbonyl (C=O) groups excluding carboxylic acids is 1. The molecule has 0 saturated carbocycles. The zero-order valence-electron chi connectivity index (χ0n) is 6.57. The van der Waals surface area contributed by atoms with Crippen LogP contribution in [0.3, 0.4) is 0 Å². The van der Waals surface area contributed by atoms with E-state index in [1.165, 1.54) is 0 Å². The Bertz CT molecular complexity index is 222. The van der Waals surface area contributed by atoms with Crippen LogP contribution >= 0.6 is 11.8 Å². The van der Waals surface area contributed by atoms with Crippen molar-refractivity contribution < 1.29 is 4.79 Å². The van der Waals surface area contributed by atoms with Crippen molar-refractivity contribution in [1.29, 1.82) is 5.41 Å². The van der Waals surface area contributed by atoms with Gasteiger partial charge in [0.15, 0.2) is 11.1 Å². The maximum absolute atomic E-state index is 10.5. The van der Waals surface area contributed by atoms with Gasteiger partial charge in [-0.15, -0.1) is 0 Å². The van der Waals surface area contributed by atoms with Crippen LogP contribution in [0.4, 0.5) is 0 Å². The summed E-state index contributed by atoms with van der Waals surface area (Å²) in [5.74, 6) is -0.709. The summed E-state index contributed by atoms with van der Waals surface area (Å²) in [7, 11) is 0. The first-order valence-electron chi connectivity index (χ1n) is 3.07. The summed E-state index contributed by atoms with van der Waals surface area (Å²) in [6.07, 6.45) is 0. The molecule has 0 aliphatic rings. The summed E-state index contributed by atoms with van der Waals surface area (Å²) in [6.45, 7) is 1.57. The van der Waals surface area contributed by atoms with Gasteiger partial charge in [-0.1, -0.05) is 11.8 Å². The minimum Gasteiger partial charge on any atom is -0.370 e. The van der Waals surface area contributed by atoms with Gasteiger partial charge in [0.05, 0.1) is 5.25 Å². The van der Waals surface area contributed by atoms with Gasteiger partial charge < -0.3 is 17.2 Å². The molecule has 0 spiro atoms. The van der Waals surface area contributed by atoms with Crippen LogP contribution in [0.15, 0.2) is 4.99 Å². The maximum Gasteiger partial charge on any atom is 0.230 e. The van der Waals surface area contributed by atoms with Crippen molar-refractivity contribution >= 4 is 28.8 Å². The molecule has 0 heterocycles. The summed E-state index contributed by atoms with van der Waals surface area (Å²) in [4.78, 5) is 13.9. The van der Waals surface area contributed by atoms with Crippen molar-refractivity contribution in [2.45, 2.75) is 12.2 Å². The third-order valence-electron chi connectivity index (χ3n) is 0.920. The van der Waals surface area contributed by atoms with E-state index in [4.69, 9.17) is 22.6 Å². The Labute approximate surface area is 74.1 Å². The van der Waals surface area contributed by atoms with E-state index in [9.17, 15) is 4.79 Å². The highest BCUT2D eigenvalue weighted by Crippen LogP contribution is 2.11. The fourth-order valence-corrected chi connectivity index (χ4v) is 0.978. The zero-order chi connectivity index (χ0) is 9.72. The number of thioether (sulfide) groups is 1. The first kappa shape index (κ1) is 10.8. The fraction of sp³-hybridized carbons (Fsp3) is 0.400. The number of amidine groups is 1. The molecule has 0 aromatic heterocycles. The summed E-state index contributed by atoms with van der Waals surface area (Å²) in [5, 5.41) is 6.53. The van der Waals surface area contributed by atoms with Gasteiger partial charge in [-0.3, -0.25) is 10.2 Å². The maximum atomic E-state index is 10.5. The van der Waals surface area contributed by atoms with Gasteiger partial charge >= 0.3 is 0 Å². The Hall–Kier alpha value is -1.24. The Morgan fingerprint density at radius 3 is 2.33 bits per heavy atom. The van der Waals surface area contributed by atoms with Crippen LogP contribution in [-0.4, -0.2) is 22.3 Å². The van der Waals surface area contributed by atoms with E-state index in [0.717, 1.165) is 11.8 Å². The molecular formula is C5H11N5OS. The second-order valence-electron chi connectivity index (χ2n) is 2.00. The second-order valence-corrected chi connectivity index (χ2v) is 3.33. The van der Waals surface area contributed by atoms with Crippen molar-refractivity contribution in [1.82, 2.24) is 0 Å². The molecule has 1 amide bonds. The van der Waals surface area contributed by atoms with E-state index in [1.54, 1.807) is 6.92 Å². The molecule has 0 aliphatic heterocycles. The number of nitrogens with one attached hydrogen (secondary N) is 1. The molecular weight excluding hydrogens is 178 g/mol. The normalized spacial score (nSPS) is 11.8. The van der Waals surface area contributed by atoms with E-state index >= 15 is 0 Å². The smallest absolute Gasteiger partial charge is 0.230 e. The molecule has 0 aromatic carbocycles. The van der Waals surface area contributed by atoms with Crippen LogP contribution in [0, 0.1) is 5.41 Å². The van der Waals surface area contributed by atoms with Gasteiger partial charge in [0, 0.05) is 0 Å². The van der Waals surface area contributed by atoms with Crippen LogP contribution in [0.1, 0.15) is 6.92 Å². The molecule has 0 aliphatic carbocycles. The van der Waals surface area contributed by atoms with Gasteiger partial charge in [0.1, 0.15) is 0 Å². The van der Waals surface area contributed by atoms with Crippen LogP contribution in [0.5, 0.6) is 0 Å². The van der Waals surface area contributed by atoms with Gasteiger partial charge in [-0.2, -0.15) is 4.99 Å². The molecule has 0 fully saturated rings. The summed E-state index contributed by atoms with van der Waals surface area (Å²) in [5.41, 5.74) is 15.0. The van der Waals surface area contributed by atoms with Crippen molar-refractivity contribution in [2.75, 3.05) is 0 Å². The molecule has 12 heavy (non-hydrogen) atoms. The number of aliphatic imine (C=N–C) groups is 1. The Morgan fingerprint density at radius 2 is 2.00 bits per heavy atom. The van der Waals surface area contributed by atoms with E-state index in [-0.39, 0.29) is 11.1 Å². The van der Waals surface area contributed by atoms with Crippen LogP contribution in [0.25, 0.3) is 0 Å². The zero-order valence-corrected chi connectivity index (χ0v) is 7.39. The van der Waals surface area contributed by atoms with Crippen molar-refractivity contribution in [2.24, 2.45) is 22.2 Å². The van der Waals surface area contributed by atoms with Crippen molar-refractivity contribution in [3.8, 4) is 0 Å². The first-order chi connectivity index (χ1) is 5.43. The SMILES string of the molecule is CC(SC(=N)N=C(N)N)C(N)=O. The lowest BCUT2D eigenvalue weighted by molar-refractivity contribution is -0.117. The van der Waals surface area contributed by atoms with E-state index < -0.39 is 11.2 Å². The minimum atomic E-state index is -0.504. The number of rotatable bonds is 2. The highest BCUT2D eigenvalue weighted by atomic mass is 32.2. The van der Waals surface area contributed by atoms with Gasteiger partial charge in [0.2, 0.25) is 5.91 Å². The molecule has 0 bridgehead atoms. The topological polar surface area (TPSA) is 131 Å². The van der Waals surface area contributed by atoms with Crippen molar-refractivity contribution in [3.05, 3.63) is 0 Å². The second kappa shape index (κ2) is 4.60. The summed E-state index contributed by atoms with van der Waals surface area (Å²) in [6, 6.07) is 0. The third kappa shape index (κ3) is 4.56. The monoisotopic (exact) mass is 189 g/mol. The van der Waals surface area contributed by atoms with E-state index in [1.807, 2.05) is 0 Å². The van der Waals surface area contributed by atoms with Crippen LogP contribution in [0.2, 0.25) is 0 Å². The predicted octanol–water partition coefficient (Wildman–Crippen LogP) is -1.20. The fourth-order valence-electron chi connectivity index (χ4n) is 0.369. The van der Waals surface area contributed by atoms with E-state index in [2.05, 4.69) is 4.99 Å². The van der Waals surface area contributed by atoms with Crippen LogP contribution < -0.4 is 17.2 Å². The molecule has 0 aromatic rings. The highest BCUT2D eigenvalue weighted by molar-refractivity contribution is 8.14. The van der Waals surface area contributed by atoms with Crippen LogP contribution in [-0.2, 0) is 4.79 Å². The standard InChI is InChI=1S/C5H11N5OS/c1-2(3(6)11)12-5(9)10-4(7)8/h2H,1H3,(H2,6,11)(H5,7,8,9,10). The Morgan fingerprint density at radius 1 is 1.50 bits per heavy atom. The average molecular weight is 189 g/mol. The van der Waals surface area contributed by atoms with Gasteiger partial charge in [0.25, 0.3) is 0 Å². The van der Waals surface area contributed by atoms with E-state index in [0.29, 0.717) is 0 Å². The van der Waals surface area contributed by atoms with Crippen molar-refractivity contribution in [3.63, 3.8) is 0 Å². The minimum absolute atomic E-state index is 0.124. The lowest BCUT2D eigenvalue weighted by Gasteiger charge is -2.03. The lowest BCUT2D eigenvalue weighted by Crippen LogP contribution is -2.26. The lowest BCUT2D eigenvalue weighted by atomic mass is 10.5. The molecule has 1 unspecified atom stereocenters. The number of hydrogen-bond donors (Lipinski definition) is 4. The molecule has 0 radical (unpaired) electrons. The number of nitrogens with zero attached hydrogens (tertiary/aromatic N) is 1. The largest absolute Gasteiger partial charge is 0.370 e. The summed E-state index contributed by atoms with van der Waals surface area (Å²) < 4.78 is 0. The molecule has 6 nitrogen and oxygen atoms in total. The number of guanidine groups is 1. The Balaban J connectivity index is 4.02. The number of primary amides is 1. The predicted molar refractivity (Wildman–Crippen MR) is 49.8 cm³/mol. The first-order valence-corrected chi connectivity index (χ1v) is 3.95. The molecule has 7 heteroatoms. The highest BCUT2D eigenvalue weighted by Gasteiger charge is 2.11. The third-order valence-corrected chi connectivity index (χ3v) is 1.82. The number of carbonyl (C=O) groups is 1. The molecule has 0 rings (SSSR count). The molecule has 68 valence electrons. The summed E-state index contributed by atoms with van der Waals surface area (Å²) >= 11 is 0.897. The molecule has 1 atom stereocenters. The number of amides is 1. The Kier molecular flexibility index (Phi) is 4.12. The van der Waals surface area contributed by atoms with Gasteiger partial charge in [-0.25, -0.2) is 0 Å². The average Bonchev–Trinajstić information content (AvgIpc) is 1.84. The van der Waals surface area contributed by atoms with Gasteiger partial charge in [-0.05, 0) is 6.92 Å². The molecule has 7 N–H and O–H groups in total.